The van der Waals surface area contributed by atoms with E-state index in [9.17, 15) is 5.11 Å². The van der Waals surface area contributed by atoms with Crippen LogP contribution in [-0.4, -0.2) is 27.0 Å². The van der Waals surface area contributed by atoms with Gasteiger partial charge in [-0.3, -0.25) is 0 Å². The first-order valence-electron chi connectivity index (χ1n) is 4.52. The van der Waals surface area contributed by atoms with Crippen molar-refractivity contribution in [2.24, 2.45) is 0 Å². The second-order valence-corrected chi connectivity index (χ2v) is 3.04. The largest absolute Gasteiger partial charge is 0.508 e. The van der Waals surface area contributed by atoms with Crippen molar-refractivity contribution in [3.63, 3.8) is 0 Å². The minimum Gasteiger partial charge on any atom is -0.508 e. The molecule has 1 aromatic heterocycles. The first kappa shape index (κ1) is 9.67. The molecule has 0 spiro atoms. The van der Waals surface area contributed by atoms with Crippen molar-refractivity contribution in [1.82, 2.24) is 10.1 Å². The van der Waals surface area contributed by atoms with E-state index in [1.807, 2.05) is 0 Å². The van der Waals surface area contributed by atoms with Crippen LogP contribution < -0.4 is 0 Å². The number of phenols is 1. The zero-order chi connectivity index (χ0) is 10.7. The van der Waals surface area contributed by atoms with Crippen molar-refractivity contribution in [2.75, 3.05) is 6.61 Å². The highest BCUT2D eigenvalue weighted by Gasteiger charge is 2.08. The van der Waals surface area contributed by atoms with E-state index in [2.05, 4.69) is 10.1 Å². The lowest BCUT2D eigenvalue weighted by Gasteiger charge is -1.94. The fraction of sp³-hybridized carbons (Fsp3) is 0.200. The molecule has 0 aliphatic carbocycles. The molecule has 78 valence electrons. The number of rotatable bonds is 3. The molecule has 1 heterocycles. The molecule has 5 nitrogen and oxygen atoms in total. The lowest BCUT2D eigenvalue weighted by Crippen LogP contribution is -1.92. The van der Waals surface area contributed by atoms with E-state index < -0.39 is 0 Å². The average Bonchev–Trinajstić information content (AvgIpc) is 2.67. The fourth-order valence-corrected chi connectivity index (χ4v) is 1.21. The van der Waals surface area contributed by atoms with Crippen LogP contribution in [0.15, 0.2) is 28.8 Å². The number of hydrogen-bond donors (Lipinski definition) is 2. The fourth-order valence-electron chi connectivity index (χ4n) is 1.21. The Hall–Kier alpha value is -1.88. The zero-order valence-electron chi connectivity index (χ0n) is 7.92. The third-order valence-corrected chi connectivity index (χ3v) is 1.90. The van der Waals surface area contributed by atoms with E-state index in [0.29, 0.717) is 23.7 Å². The van der Waals surface area contributed by atoms with Gasteiger partial charge in [-0.1, -0.05) is 11.2 Å². The molecule has 0 bridgehead atoms. The number of phenolic OH excluding ortho intramolecular Hbond substituents is 1. The van der Waals surface area contributed by atoms with Crippen LogP contribution in [0.2, 0.25) is 0 Å². The number of nitrogens with zero attached hydrogens (tertiary/aromatic N) is 2. The number of aromatic hydroxyl groups is 1. The molecule has 5 heteroatoms. The maximum Gasteiger partial charge on any atom is 0.258 e. The van der Waals surface area contributed by atoms with Gasteiger partial charge in [-0.05, 0) is 18.2 Å². The third-order valence-electron chi connectivity index (χ3n) is 1.90. The lowest BCUT2D eigenvalue weighted by molar-refractivity contribution is 0.293. The van der Waals surface area contributed by atoms with Gasteiger partial charge in [-0.2, -0.15) is 4.98 Å². The second kappa shape index (κ2) is 4.10. The molecule has 0 unspecified atom stereocenters. The Kier molecular flexibility index (Phi) is 2.64. The van der Waals surface area contributed by atoms with Crippen LogP contribution in [0.25, 0.3) is 11.5 Å². The summed E-state index contributed by atoms with van der Waals surface area (Å²) in [7, 11) is 0. The van der Waals surface area contributed by atoms with Gasteiger partial charge in [0.2, 0.25) is 0 Å². The Labute approximate surface area is 86.0 Å². The zero-order valence-corrected chi connectivity index (χ0v) is 7.92. The summed E-state index contributed by atoms with van der Waals surface area (Å²) >= 11 is 0. The maximum atomic E-state index is 9.25. The van der Waals surface area contributed by atoms with Crippen molar-refractivity contribution < 1.29 is 14.7 Å². The number of hydrogen-bond acceptors (Lipinski definition) is 5. The summed E-state index contributed by atoms with van der Waals surface area (Å²) in [4.78, 5) is 4.06. The van der Waals surface area contributed by atoms with Crippen molar-refractivity contribution in [3.8, 4) is 17.2 Å². The minimum atomic E-state index is -0.0149. The smallest absolute Gasteiger partial charge is 0.258 e. The number of aliphatic hydroxyl groups is 1. The number of aliphatic hydroxyl groups excluding tert-OH is 1. The van der Waals surface area contributed by atoms with Crippen LogP contribution in [0.5, 0.6) is 5.75 Å². The Balaban J connectivity index is 2.29. The van der Waals surface area contributed by atoms with Gasteiger partial charge in [0.25, 0.3) is 5.89 Å². The number of benzene rings is 1. The normalized spacial score (nSPS) is 10.5. The van der Waals surface area contributed by atoms with Gasteiger partial charge in [0, 0.05) is 12.0 Å². The van der Waals surface area contributed by atoms with Crippen LogP contribution in [0.1, 0.15) is 5.82 Å². The van der Waals surface area contributed by atoms with E-state index in [1.165, 1.54) is 6.07 Å². The van der Waals surface area contributed by atoms with Crippen LogP contribution in [0, 0.1) is 0 Å². The monoisotopic (exact) mass is 206 g/mol. The molecule has 1 aromatic carbocycles. The molecule has 2 aromatic rings. The molecule has 2 rings (SSSR count). The molecule has 0 aliphatic heterocycles. The topological polar surface area (TPSA) is 79.4 Å². The van der Waals surface area contributed by atoms with E-state index in [-0.39, 0.29) is 12.4 Å². The summed E-state index contributed by atoms with van der Waals surface area (Å²) in [6.45, 7) is -0.0149. The summed E-state index contributed by atoms with van der Waals surface area (Å²) in [6.07, 6.45) is 0.363. The van der Waals surface area contributed by atoms with Gasteiger partial charge in [-0.25, -0.2) is 0 Å². The Morgan fingerprint density at radius 3 is 2.93 bits per heavy atom. The molecule has 0 fully saturated rings. The van der Waals surface area contributed by atoms with Crippen molar-refractivity contribution >= 4 is 0 Å². The summed E-state index contributed by atoms with van der Waals surface area (Å²) in [5, 5.41) is 21.6. The van der Waals surface area contributed by atoms with E-state index >= 15 is 0 Å². The van der Waals surface area contributed by atoms with Gasteiger partial charge in [0.1, 0.15) is 5.75 Å². The SMILES string of the molecule is OCCc1noc(-c2cccc(O)c2)n1. The van der Waals surface area contributed by atoms with Crippen molar-refractivity contribution in [2.45, 2.75) is 6.42 Å². The molecule has 2 N–H and O–H groups in total. The highest BCUT2D eigenvalue weighted by molar-refractivity contribution is 5.55. The molecule has 0 amide bonds. The quantitative estimate of drug-likeness (QED) is 0.782. The molecule has 0 atom stereocenters. The van der Waals surface area contributed by atoms with Crippen LogP contribution in [-0.2, 0) is 6.42 Å². The van der Waals surface area contributed by atoms with Gasteiger partial charge in [0.05, 0.1) is 6.61 Å². The van der Waals surface area contributed by atoms with Gasteiger partial charge in [-0.15, -0.1) is 0 Å². The highest BCUT2D eigenvalue weighted by atomic mass is 16.5. The summed E-state index contributed by atoms with van der Waals surface area (Å²) in [6, 6.07) is 6.56. The third kappa shape index (κ3) is 2.13. The Bertz CT molecular complexity index is 453. The van der Waals surface area contributed by atoms with Crippen molar-refractivity contribution in [1.29, 1.82) is 0 Å². The molecule has 15 heavy (non-hydrogen) atoms. The molecule has 0 saturated carbocycles. The van der Waals surface area contributed by atoms with E-state index in [0.717, 1.165) is 0 Å². The number of aromatic nitrogens is 2. The van der Waals surface area contributed by atoms with Gasteiger partial charge >= 0.3 is 0 Å². The lowest BCUT2D eigenvalue weighted by atomic mass is 10.2. The maximum absolute atomic E-state index is 9.25. The summed E-state index contributed by atoms with van der Waals surface area (Å²) in [5.41, 5.74) is 0.659. The van der Waals surface area contributed by atoms with E-state index in [1.54, 1.807) is 18.2 Å². The highest BCUT2D eigenvalue weighted by Crippen LogP contribution is 2.21. The standard InChI is InChI=1S/C10H10N2O3/c13-5-4-9-11-10(15-12-9)7-2-1-3-8(14)6-7/h1-3,6,13-14H,4-5H2. The minimum absolute atomic E-state index is 0.0149. The summed E-state index contributed by atoms with van der Waals surface area (Å²) < 4.78 is 4.97. The Morgan fingerprint density at radius 1 is 1.33 bits per heavy atom. The van der Waals surface area contributed by atoms with Gasteiger partial charge in [0.15, 0.2) is 5.82 Å². The molecular weight excluding hydrogens is 196 g/mol. The Morgan fingerprint density at radius 2 is 2.20 bits per heavy atom. The van der Waals surface area contributed by atoms with Crippen molar-refractivity contribution in [3.05, 3.63) is 30.1 Å². The predicted molar refractivity (Wildman–Crippen MR) is 52.2 cm³/mol. The van der Waals surface area contributed by atoms with Crippen LogP contribution >= 0.6 is 0 Å². The molecule has 0 radical (unpaired) electrons. The first-order valence-corrected chi connectivity index (χ1v) is 4.52. The first-order chi connectivity index (χ1) is 7.29. The summed E-state index contributed by atoms with van der Waals surface area (Å²) in [5.74, 6) is 0.944. The van der Waals surface area contributed by atoms with Crippen LogP contribution in [0.4, 0.5) is 0 Å². The molecule has 0 aliphatic rings. The van der Waals surface area contributed by atoms with E-state index in [4.69, 9.17) is 9.63 Å². The van der Waals surface area contributed by atoms with Gasteiger partial charge < -0.3 is 14.7 Å². The second-order valence-electron chi connectivity index (χ2n) is 3.04. The molecular formula is C10H10N2O3. The van der Waals surface area contributed by atoms with Crippen LogP contribution in [0.3, 0.4) is 0 Å². The average molecular weight is 206 g/mol. The predicted octanol–water partition coefficient (Wildman–Crippen LogP) is 0.977. The molecule has 0 saturated heterocycles.